The largest absolute Gasteiger partial charge is 0.416 e. The Morgan fingerprint density at radius 1 is 1.17 bits per heavy atom. The minimum absolute atomic E-state index is 0.126. The van der Waals surface area contributed by atoms with E-state index in [1.165, 1.54) is 17.8 Å². The number of thioether (sulfide) groups is 1. The summed E-state index contributed by atoms with van der Waals surface area (Å²) in [4.78, 5) is 27.6. The summed E-state index contributed by atoms with van der Waals surface area (Å²) in [5.74, 6) is -0.685. The van der Waals surface area contributed by atoms with Gasteiger partial charge in [-0.3, -0.25) is 9.59 Å². The highest BCUT2D eigenvalue weighted by molar-refractivity contribution is 8.00. The summed E-state index contributed by atoms with van der Waals surface area (Å²) in [5, 5.41) is 5.17. The Morgan fingerprint density at radius 3 is 2.60 bits per heavy atom. The van der Waals surface area contributed by atoms with Gasteiger partial charge in [0.25, 0.3) is 5.91 Å². The molecule has 9 heteroatoms. The molecular formula is C21H20F3N3O2S. The normalized spacial score (nSPS) is 18.7. The van der Waals surface area contributed by atoms with Crippen molar-refractivity contribution in [3.8, 4) is 0 Å². The van der Waals surface area contributed by atoms with Gasteiger partial charge in [-0.15, -0.1) is 11.8 Å². The highest BCUT2D eigenvalue weighted by atomic mass is 32.2. The maximum absolute atomic E-state index is 13.2. The number of alkyl halides is 3. The van der Waals surface area contributed by atoms with Crippen LogP contribution in [0.5, 0.6) is 0 Å². The lowest BCUT2D eigenvalue weighted by Crippen LogP contribution is -2.27. The lowest BCUT2D eigenvalue weighted by Gasteiger charge is -2.23. The van der Waals surface area contributed by atoms with Gasteiger partial charge in [0.2, 0.25) is 5.91 Å². The van der Waals surface area contributed by atoms with Crippen molar-refractivity contribution in [3.05, 3.63) is 47.5 Å². The number of hydrogen-bond donors (Lipinski definition) is 2. The molecule has 1 unspecified atom stereocenters. The predicted molar refractivity (Wildman–Crippen MR) is 111 cm³/mol. The molecule has 2 aliphatic rings. The number of benzene rings is 2. The maximum atomic E-state index is 13.2. The number of carbonyl (C=O) groups is 2. The van der Waals surface area contributed by atoms with Crippen molar-refractivity contribution in [1.82, 2.24) is 0 Å². The van der Waals surface area contributed by atoms with Gasteiger partial charge in [-0.2, -0.15) is 13.2 Å². The zero-order valence-electron chi connectivity index (χ0n) is 16.2. The molecule has 5 nitrogen and oxygen atoms in total. The molecule has 2 aromatic carbocycles. The van der Waals surface area contributed by atoms with Gasteiger partial charge in [0, 0.05) is 23.5 Å². The van der Waals surface area contributed by atoms with Gasteiger partial charge in [-0.25, -0.2) is 0 Å². The van der Waals surface area contributed by atoms with Crippen molar-refractivity contribution in [1.29, 1.82) is 0 Å². The van der Waals surface area contributed by atoms with Gasteiger partial charge in [0.05, 0.1) is 27.9 Å². The molecule has 2 aliphatic heterocycles. The highest BCUT2D eigenvalue weighted by Gasteiger charge is 2.32. The van der Waals surface area contributed by atoms with E-state index in [0.29, 0.717) is 11.4 Å². The molecule has 0 bridgehead atoms. The first kappa shape index (κ1) is 20.6. The van der Waals surface area contributed by atoms with Crippen LogP contribution in [0, 0.1) is 0 Å². The lowest BCUT2D eigenvalue weighted by atomic mass is 10.1. The number of amides is 2. The first-order valence-corrected chi connectivity index (χ1v) is 10.5. The summed E-state index contributed by atoms with van der Waals surface area (Å²) in [6.45, 7) is 3.25. The molecule has 4 rings (SSSR count). The standard InChI is InChI=1S/C21H20F3N3O2S/c1-12-19(28)26-16-10-13(4-7-18(16)30-12)20(29)25-15-11-14(21(22,23)24)5-6-17(15)27-8-2-3-9-27/h4-7,10-12H,2-3,8-9H2,1H3,(H,25,29)(H,26,28). The van der Waals surface area contributed by atoms with Crippen molar-refractivity contribution in [2.24, 2.45) is 0 Å². The van der Waals surface area contributed by atoms with E-state index in [1.54, 1.807) is 25.1 Å². The van der Waals surface area contributed by atoms with E-state index < -0.39 is 17.6 Å². The topological polar surface area (TPSA) is 61.4 Å². The van der Waals surface area contributed by atoms with Crippen LogP contribution in [0.2, 0.25) is 0 Å². The van der Waals surface area contributed by atoms with Crippen molar-refractivity contribution >= 4 is 40.6 Å². The highest BCUT2D eigenvalue weighted by Crippen LogP contribution is 2.38. The average molecular weight is 435 g/mol. The number of halogens is 3. The van der Waals surface area contributed by atoms with Gasteiger partial charge >= 0.3 is 6.18 Å². The fourth-order valence-corrected chi connectivity index (χ4v) is 4.52. The molecule has 2 aromatic rings. The molecule has 1 fully saturated rings. The Hall–Kier alpha value is -2.68. The molecule has 1 atom stereocenters. The number of carbonyl (C=O) groups excluding carboxylic acids is 2. The van der Waals surface area contributed by atoms with Gasteiger partial charge in [0.1, 0.15) is 0 Å². The predicted octanol–water partition coefficient (Wildman–Crippen LogP) is 4.99. The van der Waals surface area contributed by atoms with Crippen LogP contribution in [0.15, 0.2) is 41.3 Å². The molecule has 2 amide bonds. The van der Waals surface area contributed by atoms with Crippen LogP contribution in [0.25, 0.3) is 0 Å². The summed E-state index contributed by atoms with van der Waals surface area (Å²) < 4.78 is 39.7. The Labute approximate surface area is 176 Å². The zero-order chi connectivity index (χ0) is 21.5. The van der Waals surface area contributed by atoms with Gasteiger partial charge in [-0.05, 0) is 56.2 Å². The first-order chi connectivity index (χ1) is 14.2. The van der Waals surface area contributed by atoms with Crippen LogP contribution in [-0.4, -0.2) is 30.2 Å². The van der Waals surface area contributed by atoms with Crippen molar-refractivity contribution in [2.75, 3.05) is 28.6 Å². The summed E-state index contributed by atoms with van der Waals surface area (Å²) in [6.07, 6.45) is -2.60. The van der Waals surface area contributed by atoms with Crippen LogP contribution >= 0.6 is 11.8 Å². The quantitative estimate of drug-likeness (QED) is 0.713. The molecule has 0 spiro atoms. The molecule has 0 radical (unpaired) electrons. The minimum Gasteiger partial charge on any atom is -0.370 e. The van der Waals surface area contributed by atoms with Gasteiger partial charge in [0.15, 0.2) is 0 Å². The molecule has 0 saturated carbocycles. The zero-order valence-corrected chi connectivity index (χ0v) is 17.0. The molecule has 1 saturated heterocycles. The van der Waals surface area contributed by atoms with Gasteiger partial charge < -0.3 is 15.5 Å². The van der Waals surface area contributed by atoms with Crippen LogP contribution in [0.3, 0.4) is 0 Å². The Morgan fingerprint density at radius 2 is 1.90 bits per heavy atom. The average Bonchev–Trinajstić information content (AvgIpc) is 3.22. The van der Waals surface area contributed by atoms with Gasteiger partial charge in [-0.1, -0.05) is 0 Å². The van der Waals surface area contributed by atoms with E-state index >= 15 is 0 Å². The fraction of sp³-hybridized carbons (Fsp3) is 0.333. The molecule has 0 aliphatic carbocycles. The van der Waals surface area contributed by atoms with E-state index in [9.17, 15) is 22.8 Å². The van der Waals surface area contributed by atoms with Crippen molar-refractivity contribution in [2.45, 2.75) is 36.1 Å². The Balaban J connectivity index is 1.64. The molecule has 30 heavy (non-hydrogen) atoms. The minimum atomic E-state index is -4.51. The smallest absolute Gasteiger partial charge is 0.370 e. The molecule has 0 aromatic heterocycles. The number of nitrogens with one attached hydrogen (secondary N) is 2. The van der Waals surface area contributed by atoms with E-state index in [1.807, 2.05) is 4.90 Å². The summed E-state index contributed by atoms with van der Waals surface area (Å²) in [6, 6.07) is 8.31. The first-order valence-electron chi connectivity index (χ1n) is 9.61. The third-order valence-corrected chi connectivity index (χ3v) is 6.37. The number of rotatable bonds is 3. The van der Waals surface area contributed by atoms with Crippen LogP contribution in [-0.2, 0) is 11.0 Å². The Kier molecular flexibility index (Phi) is 5.40. The van der Waals surface area contributed by atoms with Crippen LogP contribution in [0.1, 0.15) is 35.7 Å². The van der Waals surface area contributed by atoms with Crippen LogP contribution in [0.4, 0.5) is 30.2 Å². The second kappa shape index (κ2) is 7.86. The number of anilines is 3. The Bertz CT molecular complexity index is 1000. The molecule has 158 valence electrons. The van der Waals surface area contributed by atoms with E-state index in [0.717, 1.165) is 43.0 Å². The number of fused-ring (bicyclic) bond motifs is 1. The third kappa shape index (κ3) is 4.12. The maximum Gasteiger partial charge on any atom is 0.416 e. The van der Waals surface area contributed by atoms with E-state index in [-0.39, 0.29) is 22.4 Å². The van der Waals surface area contributed by atoms with E-state index in [2.05, 4.69) is 10.6 Å². The lowest BCUT2D eigenvalue weighted by molar-refractivity contribution is -0.137. The van der Waals surface area contributed by atoms with Crippen molar-refractivity contribution in [3.63, 3.8) is 0 Å². The molecule has 2 N–H and O–H groups in total. The third-order valence-electron chi connectivity index (χ3n) is 5.19. The summed E-state index contributed by atoms with van der Waals surface area (Å²) in [7, 11) is 0. The fourth-order valence-electron chi connectivity index (χ4n) is 3.59. The van der Waals surface area contributed by atoms with Crippen molar-refractivity contribution < 1.29 is 22.8 Å². The monoisotopic (exact) mass is 435 g/mol. The van der Waals surface area contributed by atoms with Crippen LogP contribution < -0.4 is 15.5 Å². The SMILES string of the molecule is CC1Sc2ccc(C(=O)Nc3cc(C(F)(F)F)ccc3N3CCCC3)cc2NC1=O. The second-order valence-corrected chi connectivity index (χ2v) is 8.72. The second-order valence-electron chi connectivity index (χ2n) is 7.34. The number of nitrogens with zero attached hydrogens (tertiary/aromatic N) is 1. The molecule has 2 heterocycles. The summed E-state index contributed by atoms with van der Waals surface area (Å²) >= 11 is 1.39. The van der Waals surface area contributed by atoms with E-state index in [4.69, 9.17) is 0 Å². The molecular weight excluding hydrogens is 415 g/mol. The summed E-state index contributed by atoms with van der Waals surface area (Å²) in [5.41, 5.74) is 0.670. The number of hydrogen-bond acceptors (Lipinski definition) is 4.